The topological polar surface area (TPSA) is 36.4 Å². The third kappa shape index (κ3) is 4.10. The van der Waals surface area contributed by atoms with Crippen molar-refractivity contribution in [1.29, 1.82) is 0 Å². The van der Waals surface area contributed by atoms with E-state index in [0.717, 1.165) is 45.6 Å². The van der Waals surface area contributed by atoms with Crippen LogP contribution in [0.3, 0.4) is 0 Å². The number of amides is 1. The first-order chi connectivity index (χ1) is 12.3. The lowest BCUT2D eigenvalue weighted by Crippen LogP contribution is -2.48. The minimum Gasteiger partial charge on any atom is -0.340 e. The van der Waals surface area contributed by atoms with Crippen molar-refractivity contribution >= 4 is 17.2 Å². The first-order valence-electron chi connectivity index (χ1n) is 9.29. The van der Waals surface area contributed by atoms with Crippen molar-refractivity contribution in [2.75, 3.05) is 26.2 Å². The van der Waals surface area contributed by atoms with Gasteiger partial charge in [-0.3, -0.25) is 9.69 Å². The van der Waals surface area contributed by atoms with E-state index in [9.17, 15) is 4.79 Å². The predicted molar refractivity (Wildman–Crippen MR) is 101 cm³/mol. The van der Waals surface area contributed by atoms with E-state index in [1.165, 1.54) is 34.0 Å². The number of hydrogen-bond donors (Lipinski definition) is 0. The number of carbonyl (C=O) groups excluding carboxylic acids is 1. The molecule has 0 spiro atoms. The van der Waals surface area contributed by atoms with Crippen molar-refractivity contribution in [2.45, 2.75) is 38.6 Å². The summed E-state index contributed by atoms with van der Waals surface area (Å²) in [7, 11) is 0. The summed E-state index contributed by atoms with van der Waals surface area (Å²) in [6.45, 7) is 4.56. The molecule has 1 aliphatic carbocycles. The fraction of sp³-hybridized carbons (Fsp3) is 0.500. The monoisotopic (exact) mass is 355 g/mol. The fourth-order valence-electron chi connectivity index (χ4n) is 3.71. The molecule has 132 valence electrons. The van der Waals surface area contributed by atoms with Crippen LogP contribution in [0.15, 0.2) is 30.3 Å². The van der Waals surface area contributed by atoms with Crippen LogP contribution in [0, 0.1) is 0 Å². The third-order valence-electron chi connectivity index (χ3n) is 5.19. The van der Waals surface area contributed by atoms with Crippen molar-refractivity contribution in [2.24, 2.45) is 0 Å². The Morgan fingerprint density at radius 1 is 1.08 bits per heavy atom. The molecule has 0 unspecified atom stereocenters. The van der Waals surface area contributed by atoms with Crippen LogP contribution in [0.25, 0.3) is 0 Å². The van der Waals surface area contributed by atoms with Crippen LogP contribution in [-0.4, -0.2) is 46.9 Å². The molecule has 5 heteroatoms. The maximum Gasteiger partial charge on any atom is 0.222 e. The molecule has 0 N–H and O–H groups in total. The van der Waals surface area contributed by atoms with Crippen LogP contribution in [0.5, 0.6) is 0 Å². The molecule has 4 rings (SSSR count). The highest BCUT2D eigenvalue weighted by Gasteiger charge is 2.23. The number of thiazole rings is 1. The van der Waals surface area contributed by atoms with Crippen LogP contribution in [0.1, 0.15) is 34.0 Å². The van der Waals surface area contributed by atoms with Crippen molar-refractivity contribution in [3.8, 4) is 0 Å². The van der Waals surface area contributed by atoms with Gasteiger partial charge in [0, 0.05) is 37.5 Å². The van der Waals surface area contributed by atoms with E-state index in [0.29, 0.717) is 6.42 Å². The second-order valence-corrected chi connectivity index (χ2v) is 8.14. The maximum absolute atomic E-state index is 12.4. The van der Waals surface area contributed by atoms with Crippen molar-refractivity contribution in [3.63, 3.8) is 0 Å². The standard InChI is InChI=1S/C20H25N3OS/c24-20(10-9-16-5-2-1-3-6-16)23-13-11-22(12-14-23)15-19-21-17-7-4-8-18(17)25-19/h1-3,5-6H,4,7-15H2. The van der Waals surface area contributed by atoms with E-state index >= 15 is 0 Å². The van der Waals surface area contributed by atoms with Crippen molar-refractivity contribution in [3.05, 3.63) is 51.5 Å². The molecule has 1 aromatic carbocycles. The summed E-state index contributed by atoms with van der Waals surface area (Å²) >= 11 is 1.90. The molecule has 1 aliphatic heterocycles. The average Bonchev–Trinajstić information content (AvgIpc) is 3.23. The smallest absolute Gasteiger partial charge is 0.222 e. The van der Waals surface area contributed by atoms with Gasteiger partial charge in [0.05, 0.1) is 12.2 Å². The zero-order valence-electron chi connectivity index (χ0n) is 14.6. The summed E-state index contributed by atoms with van der Waals surface area (Å²) in [4.78, 5) is 23.2. The minimum atomic E-state index is 0.289. The van der Waals surface area contributed by atoms with Gasteiger partial charge in [0.1, 0.15) is 5.01 Å². The highest BCUT2D eigenvalue weighted by atomic mass is 32.1. The molecule has 1 amide bonds. The summed E-state index contributed by atoms with van der Waals surface area (Å²) in [5.41, 5.74) is 2.58. The lowest BCUT2D eigenvalue weighted by atomic mass is 10.1. The Morgan fingerprint density at radius 2 is 1.88 bits per heavy atom. The van der Waals surface area contributed by atoms with Gasteiger partial charge in [0.2, 0.25) is 5.91 Å². The number of carbonyl (C=O) groups is 1. The van der Waals surface area contributed by atoms with E-state index in [2.05, 4.69) is 17.0 Å². The van der Waals surface area contributed by atoms with E-state index < -0.39 is 0 Å². The normalized spacial score (nSPS) is 17.7. The van der Waals surface area contributed by atoms with Crippen LogP contribution in [0.2, 0.25) is 0 Å². The molecule has 25 heavy (non-hydrogen) atoms. The Labute approximate surface area is 153 Å². The summed E-state index contributed by atoms with van der Waals surface area (Å²) in [5.74, 6) is 0.289. The first kappa shape index (κ1) is 16.7. The highest BCUT2D eigenvalue weighted by molar-refractivity contribution is 7.11. The summed E-state index contributed by atoms with van der Waals surface area (Å²) in [6, 6.07) is 10.3. The fourth-order valence-corrected chi connectivity index (χ4v) is 4.91. The van der Waals surface area contributed by atoms with Gasteiger partial charge in [-0.25, -0.2) is 4.98 Å². The van der Waals surface area contributed by atoms with Gasteiger partial charge in [-0.1, -0.05) is 30.3 Å². The van der Waals surface area contributed by atoms with Crippen LogP contribution in [-0.2, 0) is 30.6 Å². The Hall–Kier alpha value is -1.72. The molecule has 0 radical (unpaired) electrons. The molecule has 2 aliphatic rings. The molecular formula is C20H25N3OS. The van der Waals surface area contributed by atoms with E-state index in [1.54, 1.807) is 0 Å². The zero-order valence-corrected chi connectivity index (χ0v) is 15.4. The Bertz CT molecular complexity index is 698. The molecule has 2 aromatic rings. The van der Waals surface area contributed by atoms with Crippen molar-refractivity contribution in [1.82, 2.24) is 14.8 Å². The number of piperazine rings is 1. The number of aromatic nitrogens is 1. The van der Waals surface area contributed by atoms with E-state index in [1.807, 2.05) is 34.4 Å². The number of nitrogens with zero attached hydrogens (tertiary/aromatic N) is 3. The van der Waals surface area contributed by atoms with Gasteiger partial charge < -0.3 is 4.90 Å². The van der Waals surface area contributed by atoms with Gasteiger partial charge in [-0.15, -0.1) is 11.3 Å². The van der Waals surface area contributed by atoms with Crippen LogP contribution >= 0.6 is 11.3 Å². The maximum atomic E-state index is 12.4. The molecule has 4 nitrogen and oxygen atoms in total. The molecule has 1 fully saturated rings. The number of rotatable bonds is 5. The van der Waals surface area contributed by atoms with Crippen LogP contribution in [0.4, 0.5) is 0 Å². The number of aryl methyl sites for hydroxylation is 3. The molecule has 2 heterocycles. The Morgan fingerprint density at radius 3 is 2.64 bits per heavy atom. The molecule has 0 atom stereocenters. The molecule has 1 saturated heterocycles. The largest absolute Gasteiger partial charge is 0.340 e. The minimum absolute atomic E-state index is 0.289. The van der Waals surface area contributed by atoms with E-state index in [4.69, 9.17) is 4.98 Å². The summed E-state index contributed by atoms with van der Waals surface area (Å²) < 4.78 is 0. The van der Waals surface area contributed by atoms with Gasteiger partial charge in [-0.2, -0.15) is 0 Å². The molecular weight excluding hydrogens is 330 g/mol. The second kappa shape index (κ2) is 7.67. The summed E-state index contributed by atoms with van der Waals surface area (Å²) in [6.07, 6.45) is 5.11. The van der Waals surface area contributed by atoms with Gasteiger partial charge >= 0.3 is 0 Å². The van der Waals surface area contributed by atoms with Crippen LogP contribution < -0.4 is 0 Å². The number of fused-ring (bicyclic) bond motifs is 1. The molecule has 1 aromatic heterocycles. The number of hydrogen-bond acceptors (Lipinski definition) is 4. The third-order valence-corrected chi connectivity index (χ3v) is 6.34. The quantitative estimate of drug-likeness (QED) is 0.827. The lowest BCUT2D eigenvalue weighted by molar-refractivity contribution is -0.133. The Balaban J connectivity index is 1.23. The lowest BCUT2D eigenvalue weighted by Gasteiger charge is -2.34. The number of benzene rings is 1. The predicted octanol–water partition coefficient (Wildman–Crippen LogP) is 2.91. The molecule has 0 bridgehead atoms. The summed E-state index contributed by atoms with van der Waals surface area (Å²) in [5, 5.41) is 1.26. The highest BCUT2D eigenvalue weighted by Crippen LogP contribution is 2.28. The average molecular weight is 356 g/mol. The molecule has 0 saturated carbocycles. The first-order valence-corrected chi connectivity index (χ1v) is 10.1. The SMILES string of the molecule is O=C(CCc1ccccc1)N1CCN(Cc2nc3c(s2)CCC3)CC1. The second-order valence-electron chi connectivity index (χ2n) is 6.97. The Kier molecular flexibility index (Phi) is 5.13. The van der Waals surface area contributed by atoms with E-state index in [-0.39, 0.29) is 5.91 Å². The van der Waals surface area contributed by atoms with Gasteiger partial charge in [-0.05, 0) is 31.2 Å². The van der Waals surface area contributed by atoms with Crippen molar-refractivity contribution < 1.29 is 4.79 Å². The zero-order chi connectivity index (χ0) is 17.1. The van der Waals surface area contributed by atoms with Gasteiger partial charge in [0.25, 0.3) is 0 Å². The van der Waals surface area contributed by atoms with Gasteiger partial charge in [0.15, 0.2) is 0 Å².